The highest BCUT2D eigenvalue weighted by molar-refractivity contribution is 7.71. The number of aryl methyl sites for hydroxylation is 1. The third-order valence-corrected chi connectivity index (χ3v) is 3.39. The summed E-state index contributed by atoms with van der Waals surface area (Å²) >= 11 is 5.33. The number of H-pyrrole nitrogens is 1. The smallest absolute Gasteiger partial charge is 0.133 e. The standard InChI is InChI=1S/C15H18N2OS/c1-4-13-16-14(10(3)15(19)17-13)11-8-6-7-9-12(11)18-5-2/h6-9H,4-5H2,1-3H3,(H,16,17,19). The quantitative estimate of drug-likeness (QED) is 0.854. The molecular weight excluding hydrogens is 256 g/mol. The van der Waals surface area contributed by atoms with Crippen molar-refractivity contribution >= 4 is 12.2 Å². The van der Waals surface area contributed by atoms with Crippen LogP contribution in [0.25, 0.3) is 11.3 Å². The number of para-hydroxylation sites is 1. The van der Waals surface area contributed by atoms with Gasteiger partial charge in [0.15, 0.2) is 0 Å². The highest BCUT2D eigenvalue weighted by Gasteiger charge is 2.11. The Labute approximate surface area is 118 Å². The van der Waals surface area contributed by atoms with Crippen molar-refractivity contribution in [1.82, 2.24) is 9.97 Å². The summed E-state index contributed by atoms with van der Waals surface area (Å²) in [6.45, 7) is 6.67. The van der Waals surface area contributed by atoms with E-state index in [1.165, 1.54) is 0 Å². The fourth-order valence-electron chi connectivity index (χ4n) is 1.97. The highest BCUT2D eigenvalue weighted by Crippen LogP contribution is 2.30. The van der Waals surface area contributed by atoms with Gasteiger partial charge in [-0.2, -0.15) is 0 Å². The van der Waals surface area contributed by atoms with Crippen molar-refractivity contribution in [3.8, 4) is 17.0 Å². The van der Waals surface area contributed by atoms with Gasteiger partial charge in [-0.25, -0.2) is 4.98 Å². The molecule has 0 amide bonds. The van der Waals surface area contributed by atoms with E-state index in [2.05, 4.69) is 16.9 Å². The zero-order chi connectivity index (χ0) is 13.8. The lowest BCUT2D eigenvalue weighted by atomic mass is 10.1. The molecule has 0 saturated heterocycles. The molecule has 0 aliphatic carbocycles. The first-order chi connectivity index (χ1) is 9.17. The lowest BCUT2D eigenvalue weighted by molar-refractivity contribution is 0.341. The third-order valence-electron chi connectivity index (χ3n) is 2.99. The Morgan fingerprint density at radius 1 is 1.26 bits per heavy atom. The van der Waals surface area contributed by atoms with Crippen molar-refractivity contribution in [2.45, 2.75) is 27.2 Å². The van der Waals surface area contributed by atoms with Gasteiger partial charge in [0.25, 0.3) is 0 Å². The first kappa shape index (κ1) is 13.7. The van der Waals surface area contributed by atoms with Crippen LogP contribution in [0.4, 0.5) is 0 Å². The summed E-state index contributed by atoms with van der Waals surface area (Å²) in [7, 11) is 0. The number of hydrogen-bond acceptors (Lipinski definition) is 3. The maximum absolute atomic E-state index is 5.69. The molecule has 0 unspecified atom stereocenters. The predicted molar refractivity (Wildman–Crippen MR) is 80.1 cm³/mol. The Balaban J connectivity index is 2.64. The molecule has 3 nitrogen and oxygen atoms in total. The van der Waals surface area contributed by atoms with Crippen LogP contribution < -0.4 is 4.74 Å². The normalized spacial score (nSPS) is 10.5. The van der Waals surface area contributed by atoms with Gasteiger partial charge in [0.1, 0.15) is 16.2 Å². The zero-order valence-electron chi connectivity index (χ0n) is 11.5. The Morgan fingerprint density at radius 3 is 2.68 bits per heavy atom. The van der Waals surface area contributed by atoms with Crippen molar-refractivity contribution < 1.29 is 4.74 Å². The molecule has 0 fully saturated rings. The lowest BCUT2D eigenvalue weighted by Gasteiger charge is -2.13. The molecule has 0 aliphatic rings. The molecule has 100 valence electrons. The molecule has 0 radical (unpaired) electrons. The van der Waals surface area contributed by atoms with Gasteiger partial charge in [-0.1, -0.05) is 31.3 Å². The largest absolute Gasteiger partial charge is 0.493 e. The molecule has 19 heavy (non-hydrogen) atoms. The van der Waals surface area contributed by atoms with Crippen LogP contribution in [0.15, 0.2) is 24.3 Å². The van der Waals surface area contributed by atoms with E-state index in [9.17, 15) is 0 Å². The minimum absolute atomic E-state index is 0.641. The van der Waals surface area contributed by atoms with E-state index in [0.29, 0.717) is 11.2 Å². The topological polar surface area (TPSA) is 37.9 Å². The van der Waals surface area contributed by atoms with Gasteiger partial charge in [0.05, 0.1) is 12.3 Å². The van der Waals surface area contributed by atoms with E-state index in [-0.39, 0.29) is 0 Å². The minimum Gasteiger partial charge on any atom is -0.493 e. The number of aromatic amines is 1. The van der Waals surface area contributed by atoms with E-state index in [4.69, 9.17) is 17.0 Å². The van der Waals surface area contributed by atoms with Crippen molar-refractivity contribution in [1.29, 1.82) is 0 Å². The molecule has 0 bridgehead atoms. The Kier molecular flexibility index (Phi) is 4.32. The molecule has 2 aromatic rings. The summed E-state index contributed by atoms with van der Waals surface area (Å²) in [5.74, 6) is 1.77. The summed E-state index contributed by atoms with van der Waals surface area (Å²) in [5, 5.41) is 0. The SMILES string of the molecule is CCOc1ccccc1-c1[nH]c(CC)nc(=S)c1C. The molecular formula is C15H18N2OS. The Morgan fingerprint density at radius 2 is 2.00 bits per heavy atom. The maximum atomic E-state index is 5.69. The number of nitrogens with zero attached hydrogens (tertiary/aromatic N) is 1. The summed E-state index contributed by atoms with van der Waals surface area (Å²) < 4.78 is 6.34. The molecule has 0 saturated carbocycles. The second-order valence-corrected chi connectivity index (χ2v) is 4.66. The van der Waals surface area contributed by atoms with Crippen molar-refractivity contribution in [2.24, 2.45) is 0 Å². The van der Waals surface area contributed by atoms with Crippen LogP contribution in [-0.2, 0) is 6.42 Å². The second kappa shape index (κ2) is 5.97. The van der Waals surface area contributed by atoms with Gasteiger partial charge < -0.3 is 9.72 Å². The zero-order valence-corrected chi connectivity index (χ0v) is 12.3. The van der Waals surface area contributed by atoms with Crippen molar-refractivity contribution in [2.75, 3.05) is 6.61 Å². The van der Waals surface area contributed by atoms with E-state index < -0.39 is 0 Å². The predicted octanol–water partition coefficient (Wildman–Crippen LogP) is 4.08. The molecule has 4 heteroatoms. The van der Waals surface area contributed by atoms with Crippen LogP contribution in [0.2, 0.25) is 0 Å². The van der Waals surface area contributed by atoms with Gasteiger partial charge in [0.2, 0.25) is 0 Å². The first-order valence-electron chi connectivity index (χ1n) is 6.49. The Hall–Kier alpha value is -1.68. The molecule has 1 N–H and O–H groups in total. The van der Waals surface area contributed by atoms with E-state index in [1.807, 2.05) is 38.1 Å². The number of aromatic nitrogens is 2. The van der Waals surface area contributed by atoms with Crippen LogP contribution in [0.1, 0.15) is 25.2 Å². The fraction of sp³-hybridized carbons (Fsp3) is 0.333. The summed E-state index contributed by atoms with van der Waals surface area (Å²) in [6, 6.07) is 7.99. The summed E-state index contributed by atoms with van der Waals surface area (Å²) in [6.07, 6.45) is 0.827. The van der Waals surface area contributed by atoms with Gasteiger partial charge in [-0.3, -0.25) is 0 Å². The highest BCUT2D eigenvalue weighted by atomic mass is 32.1. The molecule has 0 spiro atoms. The number of ether oxygens (including phenoxy) is 1. The third kappa shape index (κ3) is 2.84. The second-order valence-electron chi connectivity index (χ2n) is 4.27. The van der Waals surface area contributed by atoms with Crippen LogP contribution in [-0.4, -0.2) is 16.6 Å². The van der Waals surface area contributed by atoms with E-state index >= 15 is 0 Å². The first-order valence-corrected chi connectivity index (χ1v) is 6.90. The molecule has 0 atom stereocenters. The molecule has 0 aliphatic heterocycles. The number of hydrogen-bond donors (Lipinski definition) is 1. The van der Waals surface area contributed by atoms with Crippen molar-refractivity contribution in [3.63, 3.8) is 0 Å². The van der Waals surface area contributed by atoms with E-state index in [1.54, 1.807) is 0 Å². The molecule has 1 aromatic heterocycles. The minimum atomic E-state index is 0.641. The van der Waals surface area contributed by atoms with Crippen LogP contribution >= 0.6 is 12.2 Å². The van der Waals surface area contributed by atoms with Gasteiger partial charge in [0, 0.05) is 17.5 Å². The van der Waals surface area contributed by atoms with Crippen LogP contribution in [0, 0.1) is 11.6 Å². The average Bonchev–Trinajstić information content (AvgIpc) is 2.43. The van der Waals surface area contributed by atoms with Gasteiger partial charge in [-0.15, -0.1) is 0 Å². The van der Waals surface area contributed by atoms with Crippen molar-refractivity contribution in [3.05, 3.63) is 40.3 Å². The number of nitrogens with one attached hydrogen (secondary N) is 1. The number of rotatable bonds is 4. The maximum Gasteiger partial charge on any atom is 0.133 e. The number of benzene rings is 1. The lowest BCUT2D eigenvalue weighted by Crippen LogP contribution is -2.01. The molecule has 2 rings (SSSR count). The molecule has 1 heterocycles. The molecule has 1 aromatic carbocycles. The van der Waals surface area contributed by atoms with Gasteiger partial charge >= 0.3 is 0 Å². The van der Waals surface area contributed by atoms with Crippen LogP contribution in [0.5, 0.6) is 5.75 Å². The summed E-state index contributed by atoms with van der Waals surface area (Å²) in [5.41, 5.74) is 3.02. The van der Waals surface area contributed by atoms with Crippen LogP contribution in [0.3, 0.4) is 0 Å². The average molecular weight is 274 g/mol. The summed E-state index contributed by atoms with van der Waals surface area (Å²) in [4.78, 5) is 7.73. The van der Waals surface area contributed by atoms with E-state index in [0.717, 1.165) is 34.8 Å². The Bertz CT molecular complexity index is 634. The monoisotopic (exact) mass is 274 g/mol. The van der Waals surface area contributed by atoms with Gasteiger partial charge in [-0.05, 0) is 26.0 Å². The fourth-order valence-corrected chi connectivity index (χ4v) is 2.18.